The molecule has 8 heteroatoms. The van der Waals surface area contributed by atoms with Gasteiger partial charge >= 0.3 is 18.2 Å². The van der Waals surface area contributed by atoms with Crippen molar-refractivity contribution in [1.82, 2.24) is 0 Å². The van der Waals surface area contributed by atoms with Crippen LogP contribution in [0.2, 0.25) is 0 Å². The van der Waals surface area contributed by atoms with Gasteiger partial charge in [-0.15, -0.1) is 0 Å². The van der Waals surface area contributed by atoms with Gasteiger partial charge in [0.15, 0.2) is 0 Å². The minimum atomic E-state index is -4.63. The van der Waals surface area contributed by atoms with Gasteiger partial charge in [-0.3, -0.25) is 4.90 Å². The maximum absolute atomic E-state index is 13.0. The third-order valence-electron chi connectivity index (χ3n) is 3.99. The lowest BCUT2D eigenvalue weighted by atomic mass is 10.0. The van der Waals surface area contributed by atoms with E-state index in [1.807, 2.05) is 0 Å². The smallest absolute Gasteiger partial charge is 0.416 e. The number of rotatable bonds is 3. The molecule has 5 nitrogen and oxygen atoms in total. The van der Waals surface area contributed by atoms with Crippen LogP contribution >= 0.6 is 0 Å². The summed E-state index contributed by atoms with van der Waals surface area (Å²) < 4.78 is 39.1. The monoisotopic (exact) mass is 374 g/mol. The van der Waals surface area contributed by atoms with Gasteiger partial charge < -0.3 is 10.8 Å². The van der Waals surface area contributed by atoms with Crippen LogP contribution in [0.1, 0.15) is 15.9 Å². The van der Waals surface area contributed by atoms with E-state index in [1.54, 1.807) is 24.3 Å². The summed E-state index contributed by atoms with van der Waals surface area (Å²) in [6.07, 6.45) is -4.63. The van der Waals surface area contributed by atoms with Gasteiger partial charge in [0, 0.05) is 0 Å². The van der Waals surface area contributed by atoms with Crippen molar-refractivity contribution in [2.24, 2.45) is 5.73 Å². The molecule has 2 amide bonds. The number of benzene rings is 3. The quantitative estimate of drug-likeness (QED) is 0.692. The number of carbonyl (C=O) groups excluding carboxylic acids is 1. The van der Waals surface area contributed by atoms with Crippen LogP contribution in [0, 0.1) is 0 Å². The van der Waals surface area contributed by atoms with Gasteiger partial charge in [0.2, 0.25) is 0 Å². The van der Waals surface area contributed by atoms with E-state index in [4.69, 9.17) is 5.73 Å². The van der Waals surface area contributed by atoms with Gasteiger partial charge in [0.25, 0.3) is 0 Å². The van der Waals surface area contributed by atoms with Gasteiger partial charge in [-0.1, -0.05) is 30.3 Å². The van der Waals surface area contributed by atoms with Crippen molar-refractivity contribution in [3.63, 3.8) is 0 Å². The van der Waals surface area contributed by atoms with Crippen LogP contribution in [-0.4, -0.2) is 17.1 Å². The summed E-state index contributed by atoms with van der Waals surface area (Å²) in [7, 11) is 0. The largest absolute Gasteiger partial charge is 0.478 e. The minimum absolute atomic E-state index is 0.118. The van der Waals surface area contributed by atoms with E-state index >= 15 is 0 Å². The lowest BCUT2D eigenvalue weighted by Crippen LogP contribution is -2.32. The number of hydrogen-bond donors (Lipinski definition) is 2. The van der Waals surface area contributed by atoms with Gasteiger partial charge in [-0.05, 0) is 41.1 Å². The SMILES string of the molecule is NC(=O)N(c1cccc(C(F)(F)F)c1)c1cc2ccccc2cc1C(=O)O. The number of primary amides is 1. The highest BCUT2D eigenvalue weighted by Gasteiger charge is 2.32. The van der Waals surface area contributed by atoms with E-state index in [1.165, 1.54) is 18.2 Å². The Morgan fingerprint density at radius 3 is 2.11 bits per heavy atom. The molecular weight excluding hydrogens is 361 g/mol. The lowest BCUT2D eigenvalue weighted by molar-refractivity contribution is -0.137. The number of aromatic carboxylic acids is 1. The van der Waals surface area contributed by atoms with Gasteiger partial charge in [-0.2, -0.15) is 13.2 Å². The molecule has 0 saturated carbocycles. The first-order valence-electron chi connectivity index (χ1n) is 7.71. The normalized spacial score (nSPS) is 11.4. The molecule has 3 rings (SSSR count). The zero-order valence-electron chi connectivity index (χ0n) is 13.7. The standard InChI is InChI=1S/C19H13F3N2O3/c20-19(21,22)13-6-3-7-14(10-13)24(18(23)27)16-9-12-5-2-1-4-11(12)8-15(16)17(25)26/h1-10H,(H2,23,27)(H,25,26). The Morgan fingerprint density at radius 2 is 1.56 bits per heavy atom. The number of carboxylic acid groups (broad SMARTS) is 1. The molecule has 0 radical (unpaired) electrons. The Bertz CT molecular complexity index is 1050. The fourth-order valence-corrected chi connectivity index (χ4v) is 2.79. The lowest BCUT2D eigenvalue weighted by Gasteiger charge is -2.24. The first-order chi connectivity index (χ1) is 12.7. The van der Waals surface area contributed by atoms with Crippen LogP contribution in [0.4, 0.5) is 29.3 Å². The number of anilines is 2. The highest BCUT2D eigenvalue weighted by Crippen LogP contribution is 2.36. The predicted molar refractivity (Wildman–Crippen MR) is 94.1 cm³/mol. The van der Waals surface area contributed by atoms with Crippen molar-refractivity contribution in [2.75, 3.05) is 4.90 Å². The summed E-state index contributed by atoms with van der Waals surface area (Å²) >= 11 is 0. The van der Waals surface area contributed by atoms with Crippen LogP contribution in [0.5, 0.6) is 0 Å². The second-order valence-corrected chi connectivity index (χ2v) is 5.74. The third kappa shape index (κ3) is 3.55. The van der Waals surface area contributed by atoms with Crippen LogP contribution in [0.25, 0.3) is 10.8 Å². The molecule has 0 aliphatic carbocycles. The van der Waals surface area contributed by atoms with E-state index in [-0.39, 0.29) is 16.9 Å². The predicted octanol–water partition coefficient (Wildman–Crippen LogP) is 4.77. The molecule has 0 fully saturated rings. The van der Waals surface area contributed by atoms with Crippen molar-refractivity contribution in [3.8, 4) is 0 Å². The van der Waals surface area contributed by atoms with Crippen molar-refractivity contribution in [1.29, 1.82) is 0 Å². The molecule has 0 heterocycles. The molecule has 3 aromatic carbocycles. The molecule has 0 aromatic heterocycles. The Morgan fingerprint density at radius 1 is 0.926 bits per heavy atom. The number of amides is 2. The average Bonchev–Trinajstić information content (AvgIpc) is 2.60. The number of nitrogens with two attached hydrogens (primary N) is 1. The number of halogens is 3. The fraction of sp³-hybridized carbons (Fsp3) is 0.0526. The second-order valence-electron chi connectivity index (χ2n) is 5.74. The number of fused-ring (bicyclic) bond motifs is 1. The summed E-state index contributed by atoms with van der Waals surface area (Å²) in [6.45, 7) is 0. The van der Waals surface area contributed by atoms with Crippen molar-refractivity contribution in [2.45, 2.75) is 6.18 Å². The molecule has 0 spiro atoms. The fourth-order valence-electron chi connectivity index (χ4n) is 2.79. The maximum atomic E-state index is 13.0. The zero-order valence-corrected chi connectivity index (χ0v) is 13.7. The molecule has 0 unspecified atom stereocenters. The topological polar surface area (TPSA) is 83.6 Å². The molecule has 3 aromatic rings. The number of urea groups is 1. The number of carboxylic acids is 1. The summed E-state index contributed by atoms with van der Waals surface area (Å²) in [5.41, 5.74) is 3.84. The third-order valence-corrected chi connectivity index (χ3v) is 3.99. The molecule has 0 aliphatic rings. The van der Waals surface area contributed by atoms with E-state index in [0.717, 1.165) is 23.1 Å². The number of hydrogen-bond acceptors (Lipinski definition) is 2. The summed E-state index contributed by atoms with van der Waals surface area (Å²) in [6, 6.07) is 12.4. The van der Waals surface area contributed by atoms with Crippen LogP contribution < -0.4 is 10.6 Å². The van der Waals surface area contributed by atoms with Crippen LogP contribution in [0.3, 0.4) is 0 Å². The van der Waals surface area contributed by atoms with E-state index in [9.17, 15) is 27.9 Å². The van der Waals surface area contributed by atoms with E-state index in [0.29, 0.717) is 10.8 Å². The Kier molecular flexibility index (Phi) is 4.49. The second kappa shape index (κ2) is 6.64. The van der Waals surface area contributed by atoms with Crippen molar-refractivity contribution >= 4 is 34.1 Å². The molecule has 27 heavy (non-hydrogen) atoms. The Hall–Kier alpha value is -3.55. The minimum Gasteiger partial charge on any atom is -0.478 e. The van der Waals surface area contributed by atoms with Crippen molar-refractivity contribution in [3.05, 3.63) is 71.8 Å². The Labute approximate surface area is 151 Å². The molecule has 138 valence electrons. The molecule has 0 bridgehead atoms. The van der Waals surface area contributed by atoms with Crippen molar-refractivity contribution < 1.29 is 27.9 Å². The van der Waals surface area contributed by atoms with Gasteiger partial charge in [-0.25, -0.2) is 9.59 Å². The van der Waals surface area contributed by atoms with E-state index < -0.39 is 23.7 Å². The Balaban J connectivity index is 2.26. The number of nitrogens with zero attached hydrogens (tertiary/aromatic N) is 1. The molecule has 0 aliphatic heterocycles. The highest BCUT2D eigenvalue weighted by molar-refractivity contribution is 6.08. The molecule has 3 N–H and O–H groups in total. The van der Waals surface area contributed by atoms with Gasteiger partial charge in [0.1, 0.15) is 0 Å². The summed E-state index contributed by atoms with van der Waals surface area (Å²) in [5.74, 6) is -1.34. The van der Waals surface area contributed by atoms with E-state index in [2.05, 4.69) is 0 Å². The van der Waals surface area contributed by atoms with Crippen LogP contribution in [-0.2, 0) is 6.18 Å². The summed E-state index contributed by atoms with van der Waals surface area (Å²) in [5, 5.41) is 10.7. The molecule has 0 saturated heterocycles. The average molecular weight is 374 g/mol. The number of alkyl halides is 3. The summed E-state index contributed by atoms with van der Waals surface area (Å²) in [4.78, 5) is 24.5. The number of carbonyl (C=O) groups is 2. The zero-order chi connectivity index (χ0) is 19.8. The highest BCUT2D eigenvalue weighted by atomic mass is 19.4. The molecular formula is C19H13F3N2O3. The first-order valence-corrected chi connectivity index (χ1v) is 7.71. The first kappa shape index (κ1) is 18.2. The maximum Gasteiger partial charge on any atom is 0.416 e. The van der Waals surface area contributed by atoms with Crippen LogP contribution in [0.15, 0.2) is 60.7 Å². The van der Waals surface area contributed by atoms with Gasteiger partial charge in [0.05, 0.1) is 22.5 Å². The molecule has 0 atom stereocenters.